The molecule has 31 nitrogen and oxygen atoms in total. The summed E-state index contributed by atoms with van der Waals surface area (Å²) >= 11 is 5.50. The summed E-state index contributed by atoms with van der Waals surface area (Å²) in [4.78, 5) is 38.4. The Hall–Kier alpha value is -0.916. The molecule has 13 rings (SSSR count). The van der Waals surface area contributed by atoms with Gasteiger partial charge in [-0.25, -0.2) is 23.1 Å². The van der Waals surface area contributed by atoms with Crippen LogP contribution in [0, 0.1) is 17.5 Å². The standard InChI is InChI=1S/C13H17BN2O3.C12H16O4S.C10H12IN5O.C7H5BrN2O.C7H7ClO2S.C6H13B2O2.C6H14O2.C5H10O2.C5H8O2.CH3F.CH2O3.B.2Cs.Na.2H/c1-12(2)13(3,4)19-14(18-12)8-5-6-10-9(7-8)16-11(15)17-10;1-10-2-4-12(5-3-10)17(13,14)16-11-6-8-15-9-7-11;11-8-7-9(12)13-5-14-10(7)16(15-8)6-1-3-17-4-2-6;8-4-1-2-6-5(3-4)10-7(9)11-6;1-6-2-4-7(5-3-6)11(8,9)10;1-5(2,9)6(3,4)10-8-7;1-5(2,7)6(3,4)8;2*6-5-1-3-7-4-2-5;1-2;2-1-4-3;;;;;;/h5-7H,1-4H3,(H2,15,16);2-5,11H,6-9H2,1H3;5-6H,1-4H2,(H2,12,13,14);1-3H,(H2,9,10);2-5H,1H3;9H,1-4H3;7-8H,1-4H3;5-6H,1-4H2;1-4H2;1H3;1,3H;;;;;;/q;;;;;;;;;;;;3*+1;2*-1/p-1/i;;;;;;;;;1D;;;;;;;. The number of aromatic nitrogens is 6. The number of nitrogen functional groups attached to an aromatic ring is 3. The third-order valence-corrected chi connectivity index (χ3v) is 22.0. The van der Waals surface area contributed by atoms with Crippen molar-refractivity contribution in [1.29, 1.82) is 0 Å². The molecule has 0 spiro atoms. The second-order valence-electron chi connectivity index (χ2n) is 28.6. The number of ether oxygens (including phenoxy) is 4. The Balaban J connectivity index is -0.000000632. The molecule has 0 amide bonds. The quantitative estimate of drug-likeness (QED) is 0.0173. The third kappa shape index (κ3) is 42.5. The fourth-order valence-electron chi connectivity index (χ4n) is 9.15. The fourth-order valence-corrected chi connectivity index (χ4v) is 12.2. The van der Waals surface area contributed by atoms with Crippen LogP contribution in [0.5, 0.6) is 0 Å². The summed E-state index contributed by atoms with van der Waals surface area (Å²) in [5, 5.41) is 50.3. The average Bonchev–Trinajstić information content (AvgIpc) is 1.62. The molecule has 4 aromatic carbocycles. The first-order chi connectivity index (χ1) is 53.1. The molecule has 0 bridgehead atoms. The van der Waals surface area contributed by atoms with Crippen molar-refractivity contribution in [2.45, 2.75) is 210 Å². The molecular formula is C73H108B4BrClCs2FIN9NaO22S2. The van der Waals surface area contributed by atoms with E-state index in [1.54, 1.807) is 91.8 Å². The second kappa shape index (κ2) is 57.0. The Labute approximate surface area is 861 Å². The predicted octanol–water partition coefficient (Wildman–Crippen LogP) is 0.232. The number of aliphatic hydroxyl groups excluding tert-OH is 1. The largest absolute Gasteiger partial charge is 1.00 e. The number of nitrogens with zero attached hydrogens (tertiary/aromatic N) is 6. The van der Waals surface area contributed by atoms with Gasteiger partial charge in [0.05, 0.1) is 96.5 Å². The zero-order valence-corrected chi connectivity index (χ0v) is 90.4. The number of carbonyl (C=O) groups is 2. The van der Waals surface area contributed by atoms with E-state index in [2.05, 4.69) is 68.4 Å². The van der Waals surface area contributed by atoms with Gasteiger partial charge in [0.2, 0.25) is 7.37 Å². The summed E-state index contributed by atoms with van der Waals surface area (Å²) in [6.45, 7) is 30.4. The number of anilines is 3. The number of hydrogen-bond donors (Lipinski definition) is 7. The minimum Gasteiger partial charge on any atom is -1.00 e. The van der Waals surface area contributed by atoms with Crippen molar-refractivity contribution in [3.05, 3.63) is 111 Å². The zero-order valence-electron chi connectivity index (χ0n) is 72.7. The fraction of sp³-hybridized carbons (Fsp3) is 0.548. The number of aryl methyl sites for hydroxylation is 2. The molecule has 44 heteroatoms. The van der Waals surface area contributed by atoms with E-state index >= 15 is 0 Å². The molecule has 0 atom stereocenters. The summed E-state index contributed by atoms with van der Waals surface area (Å²) in [5.41, 5.74) is 19.2. The number of carbonyl (C=O) groups excluding carboxylic acids is 2. The minimum atomic E-state index is -3.63. The number of nitrogens with two attached hydrogens (primary N) is 3. The molecule has 10 N–H and O–H groups in total. The van der Waals surface area contributed by atoms with Crippen LogP contribution in [0.2, 0.25) is 0 Å². The number of rotatable bonds is 11. The van der Waals surface area contributed by atoms with Crippen molar-refractivity contribution in [2.75, 3.05) is 77.2 Å². The van der Waals surface area contributed by atoms with Gasteiger partial charge >= 0.3 is 174 Å². The molecule has 117 heavy (non-hydrogen) atoms. The van der Waals surface area contributed by atoms with Crippen LogP contribution < -0.4 is 195 Å². The number of aliphatic hydroxyl groups is 4. The van der Waals surface area contributed by atoms with E-state index in [-0.39, 0.29) is 230 Å². The van der Waals surface area contributed by atoms with Gasteiger partial charge in [0.1, 0.15) is 32.7 Å². The molecular weight excluding hydrogens is 2010 g/mol. The predicted molar refractivity (Wildman–Crippen MR) is 448 cm³/mol. The topological polar surface area (TPSA) is 463 Å². The molecule has 8 aromatic rings. The van der Waals surface area contributed by atoms with E-state index in [0.717, 1.165) is 101 Å². The van der Waals surface area contributed by atoms with Crippen LogP contribution in [0.3, 0.4) is 0 Å². The zero-order chi connectivity index (χ0) is 86.1. The number of benzene rings is 4. The molecule has 5 saturated heterocycles. The molecule has 5 aliphatic rings. The van der Waals surface area contributed by atoms with Gasteiger partial charge in [-0.05, 0) is 218 Å². The Morgan fingerprint density at radius 2 is 1.15 bits per heavy atom. The first-order valence-corrected chi connectivity index (χ1v) is 41.1. The molecule has 6 radical (unpaired) electrons. The van der Waals surface area contributed by atoms with Crippen molar-refractivity contribution < 1.29 is 279 Å². The van der Waals surface area contributed by atoms with Crippen LogP contribution in [0.1, 0.15) is 156 Å². The van der Waals surface area contributed by atoms with E-state index in [0.29, 0.717) is 86.4 Å². The summed E-state index contributed by atoms with van der Waals surface area (Å²) in [7, 11) is 2.66. The second-order valence-corrected chi connectivity index (χ2v) is 34.7. The average molecular weight is 2120 g/mol. The maximum atomic E-state index is 11.9. The first-order valence-electron chi connectivity index (χ1n) is 36.2. The third-order valence-electron chi connectivity index (χ3n) is 18.0. The van der Waals surface area contributed by atoms with Gasteiger partial charge in [-0.15, -0.1) is 0 Å². The van der Waals surface area contributed by atoms with Crippen molar-refractivity contribution in [1.82, 2.24) is 29.7 Å². The smallest absolute Gasteiger partial charge is 1.00 e. The van der Waals surface area contributed by atoms with Gasteiger partial charge in [-0.3, -0.25) is 18.2 Å². The first kappa shape index (κ1) is 116. The van der Waals surface area contributed by atoms with Crippen LogP contribution >= 0.6 is 49.2 Å². The van der Waals surface area contributed by atoms with E-state index in [1.165, 1.54) is 18.5 Å². The van der Waals surface area contributed by atoms with Gasteiger partial charge in [0.25, 0.3) is 37.7 Å². The normalized spacial score (nSPS) is 16.0. The maximum Gasteiger partial charge on any atom is 1.00 e. The van der Waals surface area contributed by atoms with Crippen molar-refractivity contribution in [3.63, 3.8) is 0 Å². The summed E-state index contributed by atoms with van der Waals surface area (Å²) < 4.78 is 118. The minimum absolute atomic E-state index is 0. The number of ketones is 1. The van der Waals surface area contributed by atoms with Crippen molar-refractivity contribution in [2.24, 2.45) is 0 Å². The van der Waals surface area contributed by atoms with Crippen LogP contribution in [-0.4, -0.2) is 216 Å². The molecule has 0 aliphatic carbocycles. The molecule has 4 aromatic heterocycles. The number of oxazole rings is 2. The number of alkyl halides is 1. The van der Waals surface area contributed by atoms with E-state index < -0.39 is 55.8 Å². The van der Waals surface area contributed by atoms with Gasteiger partial charge in [0, 0.05) is 76.1 Å². The Morgan fingerprint density at radius 3 is 1.53 bits per heavy atom. The number of halogens is 4. The Morgan fingerprint density at radius 1 is 0.726 bits per heavy atom. The Bertz CT molecular complexity index is 4420. The SMILES string of the molecule is CC(C)(O)C(C)(C)O.CC1(C)OB(c2ccc3oc(N)nc3c2)OC1(C)C.Cc1ccc(S(=O)(=O)Cl)cc1.Cc1ccc(S(=O)(=O)OC2CCOCC2)cc1.Nc1nc2cc(Br)ccc2o1.Nc1ncnc2c1c(I)nn2C1CCOCC1.O=C1CCOCC1.O=CO[O-].OC1CCOCC1.[2H]CF.[B].[B][B]OC(C)(C)C(C)(C)O.[Cs+].[Cs+].[H-].[H-].[Na+]. The van der Waals surface area contributed by atoms with Crippen molar-refractivity contribution >= 4 is 168 Å². The molecule has 5 fully saturated rings. The summed E-state index contributed by atoms with van der Waals surface area (Å²) in [6, 6.07) is 25.0. The number of Topliss-reactive ketones (excluding diaryl/α,β-unsaturated/α-hetero) is 1. The van der Waals surface area contributed by atoms with Gasteiger partial charge in [-0.2, -0.15) is 23.5 Å². The van der Waals surface area contributed by atoms with Crippen molar-refractivity contribution in [3.8, 4) is 0 Å². The van der Waals surface area contributed by atoms with Crippen LogP contribution in [0.25, 0.3) is 33.2 Å². The molecule has 632 valence electrons. The van der Waals surface area contributed by atoms with E-state index in [1.807, 2.05) is 82.6 Å². The number of fused-ring (bicyclic) bond motifs is 3. The van der Waals surface area contributed by atoms with Gasteiger partial charge in [-0.1, -0.05) is 57.4 Å². The summed E-state index contributed by atoms with van der Waals surface area (Å²) in [6.07, 6.45) is 7.23. The van der Waals surface area contributed by atoms with Crippen LogP contribution in [0.15, 0.2) is 114 Å². The maximum absolute atomic E-state index is 11.9. The molecule has 0 unspecified atom stereocenters. The summed E-state index contributed by atoms with van der Waals surface area (Å²) in [5.74, 6) is 0.837. The van der Waals surface area contributed by atoms with E-state index in [9.17, 15) is 31.1 Å². The van der Waals surface area contributed by atoms with Crippen LogP contribution in [-0.2, 0) is 70.7 Å². The number of hydrogen-bond acceptors (Lipinski definition) is 30. The Kier molecular flexibility index (Phi) is 56.6. The monoisotopic (exact) mass is 2120 g/mol. The van der Waals surface area contributed by atoms with Crippen LogP contribution in [0.4, 0.5) is 22.2 Å². The van der Waals surface area contributed by atoms with Gasteiger partial charge in [0.15, 0.2) is 16.8 Å². The van der Waals surface area contributed by atoms with Gasteiger partial charge < -0.3 is 92.4 Å². The molecule has 9 heterocycles. The molecule has 0 saturated carbocycles. The molecule has 5 aliphatic heterocycles. The van der Waals surface area contributed by atoms with E-state index in [4.69, 9.17) is 108 Å².